The Kier molecular flexibility index (Phi) is 4.55. The van der Waals surface area contributed by atoms with Gasteiger partial charge in [-0.05, 0) is 11.1 Å². The van der Waals surface area contributed by atoms with Gasteiger partial charge >= 0.3 is 0 Å². The third-order valence-corrected chi connectivity index (χ3v) is 1.88. The lowest BCUT2D eigenvalue weighted by atomic mass is 10.1. The van der Waals surface area contributed by atoms with Crippen molar-refractivity contribution in [3.63, 3.8) is 0 Å². The number of aliphatic hydroxyl groups excluding tert-OH is 1. The molecule has 1 aromatic rings. The van der Waals surface area contributed by atoms with Gasteiger partial charge in [-0.15, -0.1) is 0 Å². The van der Waals surface area contributed by atoms with Gasteiger partial charge in [-0.3, -0.25) is 0 Å². The molecule has 0 amide bonds. The molecule has 0 aliphatic rings. The molecule has 4 nitrogen and oxygen atoms in total. The molecule has 0 saturated heterocycles. The molecule has 0 atom stereocenters. The zero-order valence-corrected chi connectivity index (χ0v) is 7.98. The Hall–Kier alpha value is -0.940. The highest BCUT2D eigenvalue weighted by molar-refractivity contribution is 5.23. The van der Waals surface area contributed by atoms with E-state index in [0.717, 1.165) is 11.1 Å². The molecule has 0 saturated carbocycles. The first-order chi connectivity index (χ1) is 6.72. The van der Waals surface area contributed by atoms with E-state index in [1.807, 2.05) is 24.3 Å². The van der Waals surface area contributed by atoms with Crippen molar-refractivity contribution in [2.75, 3.05) is 6.54 Å². The van der Waals surface area contributed by atoms with Crippen molar-refractivity contribution in [1.82, 2.24) is 5.32 Å². The van der Waals surface area contributed by atoms with E-state index < -0.39 is 6.29 Å². The number of nitrogens with two attached hydrogens (primary N) is 1. The summed E-state index contributed by atoms with van der Waals surface area (Å²) in [5, 5.41) is 20.1. The quantitative estimate of drug-likeness (QED) is 0.481. The normalized spacial score (nSPS) is 10.9. The third-order valence-electron chi connectivity index (χ3n) is 1.88. The number of aliphatic hydroxyl groups is 2. The van der Waals surface area contributed by atoms with E-state index in [0.29, 0.717) is 13.1 Å². The molecule has 4 heteroatoms. The van der Waals surface area contributed by atoms with Crippen LogP contribution in [0.2, 0.25) is 0 Å². The van der Waals surface area contributed by atoms with E-state index in [1.54, 1.807) is 0 Å². The van der Waals surface area contributed by atoms with Crippen LogP contribution in [0.5, 0.6) is 0 Å². The fourth-order valence-electron chi connectivity index (χ4n) is 1.21. The van der Waals surface area contributed by atoms with E-state index >= 15 is 0 Å². The summed E-state index contributed by atoms with van der Waals surface area (Å²) >= 11 is 0. The molecule has 1 rings (SSSR count). The van der Waals surface area contributed by atoms with Crippen LogP contribution in [0, 0.1) is 0 Å². The number of nitrogens with one attached hydrogen (secondary N) is 1. The molecule has 0 fully saturated rings. The highest BCUT2D eigenvalue weighted by atomic mass is 16.5. The first kappa shape index (κ1) is 11.1. The van der Waals surface area contributed by atoms with Crippen LogP contribution in [-0.2, 0) is 13.1 Å². The zero-order valence-electron chi connectivity index (χ0n) is 7.98. The van der Waals surface area contributed by atoms with Gasteiger partial charge in [0.25, 0.3) is 0 Å². The van der Waals surface area contributed by atoms with Gasteiger partial charge in [-0.2, -0.15) is 0 Å². The van der Waals surface area contributed by atoms with E-state index in [4.69, 9.17) is 15.9 Å². The van der Waals surface area contributed by atoms with E-state index in [9.17, 15) is 0 Å². The summed E-state index contributed by atoms with van der Waals surface area (Å²) in [5.74, 6) is 0. The molecule has 0 spiro atoms. The van der Waals surface area contributed by atoms with Gasteiger partial charge in [0.15, 0.2) is 6.29 Å². The summed E-state index contributed by atoms with van der Waals surface area (Å²) in [6.45, 7) is 1.31. The molecular formula is C10H16N2O2. The maximum absolute atomic E-state index is 8.60. The van der Waals surface area contributed by atoms with Gasteiger partial charge in [0.2, 0.25) is 0 Å². The fourth-order valence-corrected chi connectivity index (χ4v) is 1.21. The standard InChI is InChI=1S/C10H16N2O2/c11-5-8-2-1-3-9(4-8)6-12-7-10(13)14/h1-4,10,12-14H,5-7,11H2. The lowest BCUT2D eigenvalue weighted by molar-refractivity contribution is -0.0373. The van der Waals surface area contributed by atoms with Crippen molar-refractivity contribution in [2.24, 2.45) is 5.73 Å². The Morgan fingerprint density at radius 1 is 1.29 bits per heavy atom. The highest BCUT2D eigenvalue weighted by Gasteiger charge is 1.97. The number of hydrogen-bond donors (Lipinski definition) is 4. The molecule has 0 heterocycles. The van der Waals surface area contributed by atoms with Crippen LogP contribution >= 0.6 is 0 Å². The molecule has 5 N–H and O–H groups in total. The van der Waals surface area contributed by atoms with E-state index in [2.05, 4.69) is 5.32 Å². The lowest BCUT2D eigenvalue weighted by Gasteiger charge is -2.07. The zero-order chi connectivity index (χ0) is 10.4. The largest absolute Gasteiger partial charge is 0.367 e. The second-order valence-corrected chi connectivity index (χ2v) is 3.14. The molecule has 0 aromatic heterocycles. The molecule has 14 heavy (non-hydrogen) atoms. The summed E-state index contributed by atoms with van der Waals surface area (Å²) in [4.78, 5) is 0. The second-order valence-electron chi connectivity index (χ2n) is 3.14. The van der Waals surface area contributed by atoms with Gasteiger partial charge in [0.05, 0.1) is 0 Å². The van der Waals surface area contributed by atoms with Gasteiger partial charge in [-0.1, -0.05) is 24.3 Å². The molecule has 78 valence electrons. The topological polar surface area (TPSA) is 78.5 Å². The third kappa shape index (κ3) is 3.85. The van der Waals surface area contributed by atoms with Crippen molar-refractivity contribution in [1.29, 1.82) is 0 Å². The Morgan fingerprint density at radius 2 is 2.00 bits per heavy atom. The maximum atomic E-state index is 8.60. The minimum absolute atomic E-state index is 0.173. The summed E-state index contributed by atoms with van der Waals surface area (Å²) in [5.41, 5.74) is 7.66. The van der Waals surface area contributed by atoms with Crippen LogP contribution in [0.1, 0.15) is 11.1 Å². The average molecular weight is 196 g/mol. The van der Waals surface area contributed by atoms with E-state index in [-0.39, 0.29) is 6.54 Å². The SMILES string of the molecule is NCc1cccc(CNCC(O)O)c1. The highest BCUT2D eigenvalue weighted by Crippen LogP contribution is 2.03. The molecule has 0 bridgehead atoms. The predicted octanol–water partition coefficient (Wildman–Crippen LogP) is -0.454. The van der Waals surface area contributed by atoms with Crippen LogP contribution in [0.3, 0.4) is 0 Å². The molecule has 0 radical (unpaired) electrons. The van der Waals surface area contributed by atoms with E-state index in [1.165, 1.54) is 0 Å². The van der Waals surface area contributed by atoms with Crippen LogP contribution in [0.15, 0.2) is 24.3 Å². The second kappa shape index (κ2) is 5.72. The van der Waals surface area contributed by atoms with Crippen molar-refractivity contribution >= 4 is 0 Å². The first-order valence-electron chi connectivity index (χ1n) is 4.57. The monoisotopic (exact) mass is 196 g/mol. The average Bonchev–Trinajstić information content (AvgIpc) is 2.18. The maximum Gasteiger partial charge on any atom is 0.164 e. The van der Waals surface area contributed by atoms with Crippen LogP contribution in [0.25, 0.3) is 0 Å². The molecule has 0 aliphatic carbocycles. The summed E-state index contributed by atoms with van der Waals surface area (Å²) in [6, 6.07) is 7.87. The van der Waals surface area contributed by atoms with Gasteiger partial charge in [0, 0.05) is 19.6 Å². The van der Waals surface area contributed by atoms with Gasteiger partial charge in [0.1, 0.15) is 0 Å². The lowest BCUT2D eigenvalue weighted by Crippen LogP contribution is -2.25. The Labute approximate surface area is 83.4 Å². The molecular weight excluding hydrogens is 180 g/mol. The Balaban J connectivity index is 2.42. The van der Waals surface area contributed by atoms with Crippen LogP contribution < -0.4 is 11.1 Å². The van der Waals surface area contributed by atoms with Crippen molar-refractivity contribution in [3.8, 4) is 0 Å². The van der Waals surface area contributed by atoms with Gasteiger partial charge in [-0.25, -0.2) is 0 Å². The smallest absolute Gasteiger partial charge is 0.164 e. The molecule has 0 unspecified atom stereocenters. The van der Waals surface area contributed by atoms with Gasteiger partial charge < -0.3 is 21.3 Å². The Morgan fingerprint density at radius 3 is 2.64 bits per heavy atom. The number of rotatable bonds is 5. The summed E-state index contributed by atoms with van der Waals surface area (Å²) in [7, 11) is 0. The predicted molar refractivity (Wildman–Crippen MR) is 54.3 cm³/mol. The minimum Gasteiger partial charge on any atom is -0.367 e. The summed E-state index contributed by atoms with van der Waals surface area (Å²) < 4.78 is 0. The molecule has 0 aliphatic heterocycles. The fraction of sp³-hybridized carbons (Fsp3) is 0.400. The first-order valence-corrected chi connectivity index (χ1v) is 4.57. The number of hydrogen-bond acceptors (Lipinski definition) is 4. The minimum atomic E-state index is -1.30. The molecule has 1 aromatic carbocycles. The number of benzene rings is 1. The summed E-state index contributed by atoms with van der Waals surface area (Å²) in [6.07, 6.45) is -1.30. The Bertz CT molecular complexity index is 277. The van der Waals surface area contributed by atoms with Crippen LogP contribution in [-0.4, -0.2) is 23.0 Å². The van der Waals surface area contributed by atoms with Crippen molar-refractivity contribution < 1.29 is 10.2 Å². The van der Waals surface area contributed by atoms with Crippen LogP contribution in [0.4, 0.5) is 0 Å². The van der Waals surface area contributed by atoms with Crippen molar-refractivity contribution in [2.45, 2.75) is 19.4 Å². The van der Waals surface area contributed by atoms with Crippen molar-refractivity contribution in [3.05, 3.63) is 35.4 Å².